The van der Waals surface area contributed by atoms with Gasteiger partial charge >= 0.3 is 5.97 Å². The summed E-state index contributed by atoms with van der Waals surface area (Å²) >= 11 is 0. The molecule has 0 saturated carbocycles. The van der Waals surface area contributed by atoms with Gasteiger partial charge < -0.3 is 4.74 Å². The largest absolute Gasteiger partial charge is 0.467 e. The molecule has 1 aromatic rings. The van der Waals surface area contributed by atoms with E-state index in [1.165, 1.54) is 7.11 Å². The summed E-state index contributed by atoms with van der Waals surface area (Å²) in [4.78, 5) is 26.0. The highest BCUT2D eigenvalue weighted by molar-refractivity contribution is 5.70. The number of nitrogens with one attached hydrogen (secondary N) is 1. The first kappa shape index (κ1) is 15.1. The maximum Gasteiger partial charge on any atom is 0.333 e. The van der Waals surface area contributed by atoms with Crippen LogP contribution >= 0.6 is 0 Å². The van der Waals surface area contributed by atoms with E-state index in [1.807, 2.05) is 19.1 Å². The topological polar surface area (TPSA) is 90.7 Å². The van der Waals surface area contributed by atoms with Gasteiger partial charge in [-0.3, -0.25) is 15.0 Å². The Morgan fingerprint density at radius 1 is 1.42 bits per heavy atom. The molecule has 0 aromatic heterocycles. The molecule has 104 valence electrons. The molecule has 0 radical (unpaired) electrons. The van der Waals surface area contributed by atoms with Crippen molar-refractivity contribution in [3.05, 3.63) is 45.5 Å². The van der Waals surface area contributed by atoms with E-state index < -0.39 is 16.9 Å². The first-order chi connectivity index (χ1) is 9.02. The van der Waals surface area contributed by atoms with Crippen LogP contribution < -0.4 is 5.48 Å². The predicted octanol–water partition coefficient (Wildman–Crippen LogP) is 1.01. The molecule has 1 aromatic carbocycles. The summed E-state index contributed by atoms with van der Waals surface area (Å²) in [5, 5.41) is 10.6. The molecule has 0 aliphatic heterocycles. The standard InChI is InChI=1S/C12H16N2O5/c1-9-3-5-10(6-4-9)11(7-14(16)17)13-19-8-12(15)18-2/h3-6,11,13H,7-8H2,1-2H3. The molecule has 0 heterocycles. The van der Waals surface area contributed by atoms with Crippen LogP contribution in [0.25, 0.3) is 0 Å². The van der Waals surface area contributed by atoms with Crippen LogP contribution in [0.3, 0.4) is 0 Å². The molecule has 1 rings (SSSR count). The van der Waals surface area contributed by atoms with Crippen molar-refractivity contribution in [2.75, 3.05) is 20.3 Å². The van der Waals surface area contributed by atoms with Crippen molar-refractivity contribution in [2.45, 2.75) is 13.0 Å². The third-order valence-electron chi connectivity index (χ3n) is 2.45. The number of methoxy groups -OCH3 is 1. The molecule has 1 atom stereocenters. The summed E-state index contributed by atoms with van der Waals surface area (Å²) < 4.78 is 4.40. The lowest BCUT2D eigenvalue weighted by Gasteiger charge is -2.15. The number of aryl methyl sites for hydroxylation is 1. The first-order valence-corrected chi connectivity index (χ1v) is 5.65. The Labute approximate surface area is 110 Å². The van der Waals surface area contributed by atoms with E-state index in [9.17, 15) is 14.9 Å². The minimum Gasteiger partial charge on any atom is -0.467 e. The lowest BCUT2D eigenvalue weighted by Crippen LogP contribution is -2.30. The van der Waals surface area contributed by atoms with E-state index in [4.69, 9.17) is 4.84 Å². The van der Waals surface area contributed by atoms with Crippen LogP contribution in [-0.4, -0.2) is 31.2 Å². The maximum absolute atomic E-state index is 10.9. The van der Waals surface area contributed by atoms with E-state index in [-0.39, 0.29) is 13.2 Å². The molecule has 1 unspecified atom stereocenters. The van der Waals surface area contributed by atoms with Gasteiger partial charge in [-0.2, -0.15) is 5.48 Å². The van der Waals surface area contributed by atoms with Gasteiger partial charge in [0.2, 0.25) is 6.54 Å². The summed E-state index contributed by atoms with van der Waals surface area (Å²) in [5.41, 5.74) is 4.28. The summed E-state index contributed by atoms with van der Waals surface area (Å²) in [6.07, 6.45) is 0. The highest BCUT2D eigenvalue weighted by atomic mass is 16.7. The maximum atomic E-state index is 10.9. The monoisotopic (exact) mass is 268 g/mol. The van der Waals surface area contributed by atoms with Crippen LogP contribution in [0.1, 0.15) is 17.2 Å². The van der Waals surface area contributed by atoms with Gasteiger partial charge in [-0.15, -0.1) is 0 Å². The smallest absolute Gasteiger partial charge is 0.333 e. The highest BCUT2D eigenvalue weighted by Crippen LogP contribution is 2.14. The number of esters is 1. The Balaban J connectivity index is 2.63. The molecule has 0 saturated heterocycles. The van der Waals surface area contributed by atoms with Crippen molar-refractivity contribution >= 4 is 5.97 Å². The molecule has 7 nitrogen and oxygen atoms in total. The van der Waals surface area contributed by atoms with Crippen LogP contribution in [0.5, 0.6) is 0 Å². The molecule has 1 N–H and O–H groups in total. The van der Waals surface area contributed by atoms with Crippen molar-refractivity contribution < 1.29 is 19.3 Å². The zero-order valence-electron chi connectivity index (χ0n) is 10.8. The Bertz CT molecular complexity index is 432. The number of nitro groups is 1. The number of carbonyl (C=O) groups is 1. The van der Waals surface area contributed by atoms with E-state index in [1.54, 1.807) is 12.1 Å². The minimum absolute atomic E-state index is 0.309. The zero-order chi connectivity index (χ0) is 14.3. The van der Waals surface area contributed by atoms with E-state index >= 15 is 0 Å². The number of nitrogens with zero attached hydrogens (tertiary/aromatic N) is 1. The lowest BCUT2D eigenvalue weighted by atomic mass is 10.1. The molecule has 0 aliphatic rings. The van der Waals surface area contributed by atoms with Gasteiger partial charge in [0.25, 0.3) is 0 Å². The van der Waals surface area contributed by atoms with Crippen LogP contribution in [0.4, 0.5) is 0 Å². The van der Waals surface area contributed by atoms with Crippen molar-refractivity contribution in [2.24, 2.45) is 0 Å². The third-order valence-corrected chi connectivity index (χ3v) is 2.45. The summed E-state index contributed by atoms with van der Waals surface area (Å²) in [5.74, 6) is -0.559. The van der Waals surface area contributed by atoms with Gasteiger partial charge in [0.1, 0.15) is 6.04 Å². The fourth-order valence-corrected chi connectivity index (χ4v) is 1.42. The fraction of sp³-hybridized carbons (Fsp3) is 0.417. The molecule has 0 aliphatic carbocycles. The SMILES string of the molecule is COC(=O)CONC(C[N+](=O)[O-])c1ccc(C)cc1. The Kier molecular flexibility index (Phi) is 5.91. The van der Waals surface area contributed by atoms with Gasteiger partial charge in [0.15, 0.2) is 6.61 Å². The molecular weight excluding hydrogens is 252 g/mol. The van der Waals surface area contributed by atoms with Crippen LogP contribution in [0.15, 0.2) is 24.3 Å². The number of carbonyl (C=O) groups excluding carboxylic acids is 1. The van der Waals surface area contributed by atoms with Crippen LogP contribution in [0, 0.1) is 17.0 Å². The second kappa shape index (κ2) is 7.45. The Hall–Kier alpha value is -1.99. The predicted molar refractivity (Wildman–Crippen MR) is 66.9 cm³/mol. The fourth-order valence-electron chi connectivity index (χ4n) is 1.42. The Morgan fingerprint density at radius 3 is 2.58 bits per heavy atom. The lowest BCUT2D eigenvalue weighted by molar-refractivity contribution is -0.486. The van der Waals surface area contributed by atoms with E-state index in [2.05, 4.69) is 10.2 Å². The normalized spacial score (nSPS) is 11.9. The van der Waals surface area contributed by atoms with Gasteiger partial charge in [-0.1, -0.05) is 29.8 Å². The average Bonchev–Trinajstić information content (AvgIpc) is 2.37. The van der Waals surface area contributed by atoms with E-state index in [0.29, 0.717) is 5.56 Å². The second-order valence-electron chi connectivity index (χ2n) is 3.96. The van der Waals surface area contributed by atoms with Crippen molar-refractivity contribution in [1.29, 1.82) is 0 Å². The van der Waals surface area contributed by atoms with Gasteiger partial charge in [0.05, 0.1) is 7.11 Å². The molecule has 7 heteroatoms. The number of ether oxygens (including phenoxy) is 1. The molecule has 0 amide bonds. The number of benzene rings is 1. The molecular formula is C12H16N2O5. The number of hydroxylamine groups is 1. The van der Waals surface area contributed by atoms with Crippen molar-refractivity contribution in [1.82, 2.24) is 5.48 Å². The molecule has 0 spiro atoms. The van der Waals surface area contributed by atoms with Crippen molar-refractivity contribution in [3.8, 4) is 0 Å². The first-order valence-electron chi connectivity index (χ1n) is 5.65. The Morgan fingerprint density at radius 2 is 2.05 bits per heavy atom. The van der Waals surface area contributed by atoms with Gasteiger partial charge in [0, 0.05) is 4.92 Å². The number of hydrogen-bond donors (Lipinski definition) is 1. The highest BCUT2D eigenvalue weighted by Gasteiger charge is 2.18. The quantitative estimate of drug-likeness (QED) is 0.451. The minimum atomic E-state index is -0.625. The zero-order valence-corrected chi connectivity index (χ0v) is 10.8. The van der Waals surface area contributed by atoms with E-state index in [0.717, 1.165) is 5.56 Å². The summed E-state index contributed by atoms with van der Waals surface area (Å²) in [7, 11) is 1.24. The van der Waals surface area contributed by atoms with Crippen LogP contribution in [0.2, 0.25) is 0 Å². The molecule has 0 fully saturated rings. The molecule has 19 heavy (non-hydrogen) atoms. The van der Waals surface area contributed by atoms with Gasteiger partial charge in [-0.05, 0) is 12.5 Å². The number of rotatable bonds is 7. The van der Waals surface area contributed by atoms with Crippen LogP contribution in [-0.2, 0) is 14.4 Å². The average molecular weight is 268 g/mol. The second-order valence-corrected chi connectivity index (χ2v) is 3.96. The third kappa shape index (κ3) is 5.45. The summed E-state index contributed by atoms with van der Waals surface area (Å²) in [6.45, 7) is 1.27. The van der Waals surface area contributed by atoms with Crippen molar-refractivity contribution in [3.63, 3.8) is 0 Å². The van der Waals surface area contributed by atoms with Gasteiger partial charge in [-0.25, -0.2) is 4.79 Å². The summed E-state index contributed by atoms with van der Waals surface area (Å²) in [6, 6.07) is 6.63. The number of hydrogen-bond acceptors (Lipinski definition) is 6. The molecule has 0 bridgehead atoms.